The number of carbonyl (C=O) groups excluding carboxylic acids is 1. The van der Waals surface area contributed by atoms with Crippen LogP contribution in [0, 0.1) is 0 Å². The number of aliphatic hydroxyl groups excluding tert-OH is 1. The van der Waals surface area contributed by atoms with Gasteiger partial charge in [-0.25, -0.2) is 13.8 Å². The number of ether oxygens (including phenoxy) is 2. The highest BCUT2D eigenvalue weighted by Gasteiger charge is 2.55. The molecule has 3 N–H and O–H groups in total. The van der Waals surface area contributed by atoms with Crippen molar-refractivity contribution in [1.29, 1.82) is 0 Å². The van der Waals surface area contributed by atoms with Gasteiger partial charge in [-0.2, -0.15) is 5.09 Å². The molecule has 36 heavy (non-hydrogen) atoms. The van der Waals surface area contributed by atoms with Gasteiger partial charge in [0, 0.05) is 12.3 Å². The van der Waals surface area contributed by atoms with Crippen molar-refractivity contribution < 1.29 is 37.4 Å². The first-order chi connectivity index (χ1) is 16.8. The maximum Gasteiger partial charge on any atom is 0.459 e. The normalized spacial score (nSPS) is 26.4. The first kappa shape index (κ1) is 27.8. The lowest BCUT2D eigenvalue weighted by atomic mass is 9.98. The third-order valence-corrected chi connectivity index (χ3v) is 6.90. The van der Waals surface area contributed by atoms with Gasteiger partial charge in [-0.3, -0.25) is 23.7 Å². The van der Waals surface area contributed by atoms with Crippen LogP contribution >= 0.6 is 7.75 Å². The number of halogens is 1. The first-order valence-corrected chi connectivity index (χ1v) is 12.7. The number of nitrogens with one attached hydrogen (secondary N) is 2. The predicted molar refractivity (Wildman–Crippen MR) is 125 cm³/mol. The van der Waals surface area contributed by atoms with Gasteiger partial charge in [-0.15, -0.1) is 0 Å². The Morgan fingerprint density at radius 3 is 2.56 bits per heavy atom. The highest BCUT2D eigenvalue weighted by atomic mass is 31.2. The first-order valence-electron chi connectivity index (χ1n) is 11.1. The van der Waals surface area contributed by atoms with E-state index in [9.17, 15) is 24.1 Å². The maximum atomic E-state index is 15.4. The Balaban J connectivity index is 1.80. The minimum Gasteiger partial charge on any atom is -0.462 e. The Hall–Kier alpha value is -2.83. The van der Waals surface area contributed by atoms with Gasteiger partial charge < -0.3 is 19.1 Å². The van der Waals surface area contributed by atoms with Crippen molar-refractivity contribution in [3.63, 3.8) is 0 Å². The summed E-state index contributed by atoms with van der Waals surface area (Å²) in [5, 5.41) is 13.0. The molecule has 2 aromatic rings. The van der Waals surface area contributed by atoms with Crippen LogP contribution < -0.4 is 20.9 Å². The molecule has 0 radical (unpaired) electrons. The van der Waals surface area contributed by atoms with Crippen LogP contribution in [-0.2, 0) is 23.4 Å². The monoisotopic (exact) mass is 529 g/mol. The molecular formula is C22H29FN3O9P. The molecule has 3 rings (SSSR count). The van der Waals surface area contributed by atoms with Crippen LogP contribution in [0.2, 0.25) is 0 Å². The molecule has 1 aliphatic heterocycles. The molecule has 14 heteroatoms. The number of alkyl halides is 1. The molecule has 0 unspecified atom stereocenters. The van der Waals surface area contributed by atoms with E-state index in [-0.39, 0.29) is 5.75 Å². The van der Waals surface area contributed by atoms with Crippen LogP contribution in [0.5, 0.6) is 5.75 Å². The number of para-hydroxylation sites is 1. The molecule has 1 aromatic carbocycles. The number of aliphatic hydroxyl groups is 1. The number of benzene rings is 1. The lowest BCUT2D eigenvalue weighted by Gasteiger charge is -2.25. The highest BCUT2D eigenvalue weighted by molar-refractivity contribution is 7.52. The molecule has 1 aromatic heterocycles. The standard InChI is InChI=1S/C22H29FN3O9P/c1-13(2)33-19(29)14(3)25-36(31,35-15-8-6-5-7-9-15)32-12-16-18(28)22(4,23)20(34-16)26-11-10-17(27)24-21(26)30/h5-11,13-14,16,18,20,28H,12H2,1-4H3,(H,25,31)(H,24,27,30)/t14-,16+,18-,20+,22+,36-/m0/s1. The number of H-pyrrole nitrogens is 1. The molecule has 1 aliphatic rings. The molecule has 2 heterocycles. The van der Waals surface area contributed by atoms with E-state index in [1.54, 1.807) is 32.0 Å². The quantitative estimate of drug-likeness (QED) is 0.305. The van der Waals surface area contributed by atoms with E-state index < -0.39 is 67.8 Å². The summed E-state index contributed by atoms with van der Waals surface area (Å²) in [4.78, 5) is 37.7. The number of carbonyl (C=O) groups is 1. The van der Waals surface area contributed by atoms with E-state index >= 15 is 4.39 Å². The zero-order valence-corrected chi connectivity index (χ0v) is 21.0. The van der Waals surface area contributed by atoms with Crippen molar-refractivity contribution in [1.82, 2.24) is 14.6 Å². The molecule has 0 saturated carbocycles. The summed E-state index contributed by atoms with van der Waals surface area (Å²) in [6.45, 7) is 5.07. The Bertz CT molecular complexity index is 1220. The summed E-state index contributed by atoms with van der Waals surface area (Å²) in [6.07, 6.45) is -4.21. The van der Waals surface area contributed by atoms with Crippen molar-refractivity contribution in [3.8, 4) is 5.75 Å². The number of nitrogens with zero attached hydrogens (tertiary/aromatic N) is 1. The molecule has 0 amide bonds. The van der Waals surface area contributed by atoms with Crippen LogP contribution in [-0.4, -0.2) is 57.3 Å². The number of aromatic nitrogens is 2. The number of rotatable bonds is 10. The van der Waals surface area contributed by atoms with E-state index in [1.807, 2.05) is 4.98 Å². The Labute approximate surface area is 205 Å². The Morgan fingerprint density at radius 2 is 1.94 bits per heavy atom. The maximum absolute atomic E-state index is 15.4. The van der Waals surface area contributed by atoms with Gasteiger partial charge in [-0.05, 0) is 39.8 Å². The van der Waals surface area contributed by atoms with Gasteiger partial charge in [0.1, 0.15) is 24.0 Å². The second-order valence-corrected chi connectivity index (χ2v) is 10.4. The number of hydrogen-bond acceptors (Lipinski definition) is 9. The molecule has 198 valence electrons. The van der Waals surface area contributed by atoms with Gasteiger partial charge in [0.15, 0.2) is 11.9 Å². The largest absolute Gasteiger partial charge is 0.462 e. The third kappa shape index (κ3) is 6.48. The average Bonchev–Trinajstić information content (AvgIpc) is 3.01. The summed E-state index contributed by atoms with van der Waals surface area (Å²) in [5.41, 5.74) is -4.12. The van der Waals surface area contributed by atoms with Crippen molar-refractivity contribution >= 4 is 13.7 Å². The van der Waals surface area contributed by atoms with E-state index in [1.165, 1.54) is 19.1 Å². The Kier molecular flexibility index (Phi) is 8.52. The minimum absolute atomic E-state index is 0.152. The van der Waals surface area contributed by atoms with E-state index in [4.69, 9.17) is 18.5 Å². The van der Waals surface area contributed by atoms with Gasteiger partial charge in [0.2, 0.25) is 0 Å². The molecule has 1 saturated heterocycles. The summed E-state index contributed by atoms with van der Waals surface area (Å²) in [5.74, 6) is -0.560. The molecule has 0 aliphatic carbocycles. The summed E-state index contributed by atoms with van der Waals surface area (Å²) in [6, 6.07) is 7.86. The molecule has 1 fully saturated rings. The number of hydrogen-bond donors (Lipinski definition) is 3. The molecule has 12 nitrogen and oxygen atoms in total. The summed E-state index contributed by atoms with van der Waals surface area (Å²) in [7, 11) is -4.30. The van der Waals surface area contributed by atoms with Crippen molar-refractivity contribution in [2.75, 3.05) is 6.61 Å². The Morgan fingerprint density at radius 1 is 1.28 bits per heavy atom. The van der Waals surface area contributed by atoms with Crippen molar-refractivity contribution in [3.05, 3.63) is 63.4 Å². The second-order valence-electron chi connectivity index (χ2n) is 8.67. The smallest absolute Gasteiger partial charge is 0.459 e. The minimum atomic E-state index is -4.30. The second kappa shape index (κ2) is 11.1. The number of aromatic amines is 1. The van der Waals surface area contributed by atoms with Crippen molar-refractivity contribution in [2.24, 2.45) is 0 Å². The van der Waals surface area contributed by atoms with Gasteiger partial charge >= 0.3 is 19.4 Å². The van der Waals surface area contributed by atoms with E-state index in [0.717, 1.165) is 23.8 Å². The third-order valence-electron chi connectivity index (χ3n) is 5.26. The van der Waals surface area contributed by atoms with Crippen LogP contribution in [0.25, 0.3) is 0 Å². The molecule has 0 spiro atoms. The fourth-order valence-electron chi connectivity index (χ4n) is 3.47. The average molecular weight is 529 g/mol. The molecule has 0 bridgehead atoms. The van der Waals surface area contributed by atoms with Gasteiger partial charge in [-0.1, -0.05) is 18.2 Å². The van der Waals surface area contributed by atoms with Crippen LogP contribution in [0.15, 0.2) is 52.2 Å². The zero-order valence-electron chi connectivity index (χ0n) is 20.1. The molecule has 6 atom stereocenters. The lowest BCUT2D eigenvalue weighted by Crippen LogP contribution is -2.43. The number of esters is 1. The topological polar surface area (TPSA) is 158 Å². The lowest BCUT2D eigenvalue weighted by molar-refractivity contribution is -0.149. The highest BCUT2D eigenvalue weighted by Crippen LogP contribution is 2.47. The summed E-state index contributed by atoms with van der Waals surface area (Å²) < 4.78 is 51.4. The van der Waals surface area contributed by atoms with Gasteiger partial charge in [0.25, 0.3) is 5.56 Å². The van der Waals surface area contributed by atoms with Crippen LogP contribution in [0.3, 0.4) is 0 Å². The van der Waals surface area contributed by atoms with E-state index in [2.05, 4.69) is 5.09 Å². The fourth-order valence-corrected chi connectivity index (χ4v) is 4.97. The molecular weight excluding hydrogens is 500 g/mol. The zero-order chi connectivity index (χ0) is 26.7. The summed E-state index contributed by atoms with van der Waals surface area (Å²) >= 11 is 0. The predicted octanol–water partition coefficient (Wildman–Crippen LogP) is 1.66. The van der Waals surface area contributed by atoms with Gasteiger partial charge in [0.05, 0.1) is 12.7 Å². The van der Waals surface area contributed by atoms with Crippen LogP contribution in [0.1, 0.15) is 33.9 Å². The SMILES string of the molecule is CC(C)OC(=O)[C@H](C)N[P@](=O)(OC[C@H]1O[C@@H](n2ccc(=O)[nH]c2=O)[C@](C)(F)[C@H]1O)Oc1ccccc1. The van der Waals surface area contributed by atoms with E-state index in [0.29, 0.717) is 0 Å². The van der Waals surface area contributed by atoms with Crippen molar-refractivity contribution in [2.45, 2.75) is 63.9 Å². The van der Waals surface area contributed by atoms with Crippen LogP contribution in [0.4, 0.5) is 4.39 Å². The fraction of sp³-hybridized carbons (Fsp3) is 0.500.